The molecule has 4 aromatic heterocycles. The summed E-state index contributed by atoms with van der Waals surface area (Å²) >= 11 is 1.58. The van der Waals surface area contributed by atoms with E-state index in [1.54, 1.807) is 32.9 Å². The quantitative estimate of drug-likeness (QED) is 0.513. The van der Waals surface area contributed by atoms with Gasteiger partial charge in [-0.3, -0.25) is 4.79 Å². The van der Waals surface area contributed by atoms with Crippen LogP contribution >= 0.6 is 11.3 Å². The Morgan fingerprint density at radius 1 is 1.24 bits per heavy atom. The van der Waals surface area contributed by atoms with E-state index in [2.05, 4.69) is 25.4 Å². The molecule has 0 atom stereocenters. The molecule has 1 fully saturated rings. The number of fused-ring (bicyclic) bond motifs is 1. The summed E-state index contributed by atoms with van der Waals surface area (Å²) in [5.41, 5.74) is 0.718. The molecule has 4 aromatic rings. The van der Waals surface area contributed by atoms with Gasteiger partial charge in [0, 0.05) is 42.5 Å². The highest BCUT2D eigenvalue weighted by atomic mass is 32.1. The first-order valence-electron chi connectivity index (χ1n) is 9.59. The van der Waals surface area contributed by atoms with Gasteiger partial charge in [-0.2, -0.15) is 9.61 Å². The highest BCUT2D eigenvalue weighted by Gasteiger charge is 2.27. The van der Waals surface area contributed by atoms with Gasteiger partial charge in [0.2, 0.25) is 5.91 Å². The average molecular weight is 408 g/mol. The first-order chi connectivity index (χ1) is 14.2. The first kappa shape index (κ1) is 17.9. The number of hydrogen-bond acceptors (Lipinski definition) is 7. The summed E-state index contributed by atoms with van der Waals surface area (Å²) in [4.78, 5) is 19.8. The van der Waals surface area contributed by atoms with Crippen LogP contribution in [-0.4, -0.2) is 58.5 Å². The van der Waals surface area contributed by atoms with Crippen molar-refractivity contribution < 1.29 is 4.79 Å². The van der Waals surface area contributed by atoms with Crippen molar-refractivity contribution in [2.75, 3.05) is 13.1 Å². The zero-order valence-electron chi connectivity index (χ0n) is 16.0. The van der Waals surface area contributed by atoms with E-state index in [4.69, 9.17) is 0 Å². The number of aryl methyl sites for hydroxylation is 1. The number of piperidine rings is 1. The third-order valence-corrected chi connectivity index (χ3v) is 6.13. The summed E-state index contributed by atoms with van der Waals surface area (Å²) in [5, 5.41) is 18.6. The molecular weight excluding hydrogens is 388 g/mol. The summed E-state index contributed by atoms with van der Waals surface area (Å²) in [5.74, 6) is 1.95. The lowest BCUT2D eigenvalue weighted by molar-refractivity contribution is -0.131. The van der Waals surface area contributed by atoms with E-state index in [-0.39, 0.29) is 11.8 Å². The maximum absolute atomic E-state index is 12.6. The van der Waals surface area contributed by atoms with Crippen LogP contribution in [0.15, 0.2) is 36.8 Å². The van der Waals surface area contributed by atoms with Crippen LogP contribution in [0.5, 0.6) is 0 Å². The molecule has 0 unspecified atom stereocenters. The summed E-state index contributed by atoms with van der Waals surface area (Å²) < 4.78 is 3.52. The topological polar surface area (TPSA) is 94.1 Å². The number of nitrogens with zero attached hydrogens (tertiary/aromatic N) is 8. The summed E-state index contributed by atoms with van der Waals surface area (Å²) in [6, 6.07) is 5.64. The van der Waals surface area contributed by atoms with Crippen molar-refractivity contribution in [2.45, 2.75) is 32.1 Å². The zero-order valence-corrected chi connectivity index (χ0v) is 16.8. The third kappa shape index (κ3) is 3.51. The van der Waals surface area contributed by atoms with E-state index >= 15 is 0 Å². The Hall–Kier alpha value is -3.14. The predicted molar refractivity (Wildman–Crippen MR) is 107 cm³/mol. The van der Waals surface area contributed by atoms with Gasteiger partial charge in [0.05, 0.1) is 11.4 Å². The molecule has 1 amide bonds. The average Bonchev–Trinajstić information content (AvgIpc) is 3.48. The second-order valence-corrected chi connectivity index (χ2v) is 8.47. The van der Waals surface area contributed by atoms with Crippen molar-refractivity contribution in [3.63, 3.8) is 0 Å². The van der Waals surface area contributed by atoms with Gasteiger partial charge in [-0.25, -0.2) is 9.67 Å². The molecule has 0 N–H and O–H groups in total. The predicted octanol–water partition coefficient (Wildman–Crippen LogP) is 2.02. The minimum atomic E-state index is 0.164. The number of thiazole rings is 1. The van der Waals surface area contributed by atoms with Crippen molar-refractivity contribution in [1.29, 1.82) is 0 Å². The second kappa shape index (κ2) is 7.36. The first-order valence-corrected chi connectivity index (χ1v) is 10.4. The fourth-order valence-electron chi connectivity index (χ4n) is 3.71. The van der Waals surface area contributed by atoms with Crippen molar-refractivity contribution in [2.24, 2.45) is 0 Å². The smallest absolute Gasteiger partial charge is 0.227 e. The summed E-state index contributed by atoms with van der Waals surface area (Å²) in [7, 11) is 0. The van der Waals surface area contributed by atoms with Crippen molar-refractivity contribution in [3.8, 4) is 5.82 Å². The molecule has 0 aromatic carbocycles. The van der Waals surface area contributed by atoms with E-state index in [1.165, 1.54) is 0 Å². The number of carbonyl (C=O) groups excluding carboxylic acids is 1. The molecule has 0 bridgehead atoms. The molecule has 0 spiro atoms. The molecule has 0 saturated carbocycles. The maximum atomic E-state index is 12.6. The second-order valence-electron chi connectivity index (χ2n) is 7.15. The number of aromatic nitrogens is 7. The van der Waals surface area contributed by atoms with Gasteiger partial charge in [-0.1, -0.05) is 0 Å². The van der Waals surface area contributed by atoms with Crippen molar-refractivity contribution in [3.05, 3.63) is 52.5 Å². The lowest BCUT2D eigenvalue weighted by atomic mass is 9.96. The molecule has 0 radical (unpaired) electrons. The Morgan fingerprint density at radius 3 is 2.83 bits per heavy atom. The van der Waals surface area contributed by atoms with Crippen LogP contribution in [0.4, 0.5) is 0 Å². The van der Waals surface area contributed by atoms with E-state index in [0.29, 0.717) is 6.42 Å². The lowest BCUT2D eigenvalue weighted by Crippen LogP contribution is -2.39. The fraction of sp³-hybridized carbons (Fsp3) is 0.368. The van der Waals surface area contributed by atoms with Gasteiger partial charge in [0.25, 0.3) is 0 Å². The molecule has 1 saturated heterocycles. The Labute approximate surface area is 171 Å². The van der Waals surface area contributed by atoms with Crippen LogP contribution in [0.2, 0.25) is 0 Å². The molecule has 1 aliphatic heterocycles. The Bertz CT molecular complexity index is 1140. The number of carbonyl (C=O) groups is 1. The largest absolute Gasteiger partial charge is 0.342 e. The van der Waals surface area contributed by atoms with Gasteiger partial charge in [0.1, 0.15) is 0 Å². The number of rotatable bonds is 4. The number of likely N-dealkylation sites (tertiary alicyclic amines) is 1. The van der Waals surface area contributed by atoms with Crippen molar-refractivity contribution in [1.82, 2.24) is 39.5 Å². The molecule has 9 nitrogen and oxygen atoms in total. The Morgan fingerprint density at radius 2 is 2.10 bits per heavy atom. The molecule has 5 heterocycles. The highest BCUT2D eigenvalue weighted by Crippen LogP contribution is 2.27. The molecule has 148 valence electrons. The Kier molecular flexibility index (Phi) is 4.55. The minimum Gasteiger partial charge on any atom is -0.342 e. The lowest BCUT2D eigenvalue weighted by Gasteiger charge is -2.31. The molecule has 10 heteroatoms. The third-order valence-electron chi connectivity index (χ3n) is 5.22. The normalized spacial score (nSPS) is 15.3. The summed E-state index contributed by atoms with van der Waals surface area (Å²) in [6.07, 6.45) is 7.50. The van der Waals surface area contributed by atoms with Crippen LogP contribution in [0.3, 0.4) is 0 Å². The van der Waals surface area contributed by atoms with Crippen LogP contribution in [0.25, 0.3) is 11.5 Å². The van der Waals surface area contributed by atoms with E-state index in [1.807, 2.05) is 36.2 Å². The molecule has 29 heavy (non-hydrogen) atoms. The Balaban J connectivity index is 1.30. The van der Waals surface area contributed by atoms with Crippen LogP contribution in [-0.2, 0) is 11.2 Å². The zero-order chi connectivity index (χ0) is 19.8. The minimum absolute atomic E-state index is 0.164. The van der Waals surface area contributed by atoms with E-state index in [0.717, 1.165) is 53.1 Å². The van der Waals surface area contributed by atoms with Crippen molar-refractivity contribution >= 4 is 22.9 Å². The van der Waals surface area contributed by atoms with Gasteiger partial charge >= 0.3 is 0 Å². The molecule has 1 aliphatic rings. The van der Waals surface area contributed by atoms with Gasteiger partial charge in [-0.05, 0) is 38.0 Å². The van der Waals surface area contributed by atoms with Crippen LogP contribution in [0.1, 0.15) is 34.5 Å². The van der Waals surface area contributed by atoms with E-state index in [9.17, 15) is 4.79 Å². The molecule has 5 rings (SSSR count). The monoisotopic (exact) mass is 408 g/mol. The highest BCUT2D eigenvalue weighted by molar-refractivity contribution is 7.11. The van der Waals surface area contributed by atoms with Crippen LogP contribution in [0, 0.1) is 6.92 Å². The number of amides is 1. The van der Waals surface area contributed by atoms with Crippen LogP contribution < -0.4 is 0 Å². The van der Waals surface area contributed by atoms with Gasteiger partial charge < -0.3 is 4.90 Å². The standard InChI is InChI=1S/C19H20N8OS/c1-13-20-12-15(29-13)11-18(28)25-9-5-14(6-10-25)19-23-22-16-3-4-17(24-27(16)19)26-8-2-7-21-26/h2-4,7-8,12,14H,5-6,9-11H2,1H3. The maximum Gasteiger partial charge on any atom is 0.227 e. The van der Waals surface area contributed by atoms with Gasteiger partial charge in [-0.15, -0.1) is 26.6 Å². The number of hydrogen-bond donors (Lipinski definition) is 0. The fourth-order valence-corrected chi connectivity index (χ4v) is 4.50. The molecular formula is C19H20N8OS. The van der Waals surface area contributed by atoms with Gasteiger partial charge in [0.15, 0.2) is 17.3 Å². The van der Waals surface area contributed by atoms with E-state index < -0.39 is 0 Å². The summed E-state index contributed by atoms with van der Waals surface area (Å²) in [6.45, 7) is 3.39. The molecule has 0 aliphatic carbocycles. The SMILES string of the molecule is Cc1ncc(CC(=O)N2CCC(c3nnc4ccc(-n5cccn5)nn34)CC2)s1.